The number of imidazole rings is 1. The highest BCUT2D eigenvalue weighted by atomic mass is 79.9. The van der Waals surface area contributed by atoms with Gasteiger partial charge < -0.3 is 9.67 Å². The summed E-state index contributed by atoms with van der Waals surface area (Å²) in [4.78, 5) is 19.6. The third-order valence-corrected chi connectivity index (χ3v) is 5.08. The minimum atomic E-state index is -0.509. The molecule has 0 amide bonds. The number of rotatable bonds is 8. The zero-order chi connectivity index (χ0) is 20.1. The van der Waals surface area contributed by atoms with Gasteiger partial charge in [-0.3, -0.25) is 10.1 Å². The molecular formula is C20H21BrN4O3. The Morgan fingerprint density at radius 3 is 2.82 bits per heavy atom. The highest BCUT2D eigenvalue weighted by Crippen LogP contribution is 2.32. The van der Waals surface area contributed by atoms with Crippen molar-refractivity contribution in [3.05, 3.63) is 56.5 Å². The molecule has 0 radical (unpaired) electrons. The highest BCUT2D eigenvalue weighted by molar-refractivity contribution is 9.10. The van der Waals surface area contributed by atoms with E-state index >= 15 is 0 Å². The summed E-state index contributed by atoms with van der Waals surface area (Å²) in [5, 5.41) is 21.3. The standard InChI is InChI=1S/C20H21BrN4O3/c1-2-3-4-7-10-24-18-9-6-5-8-17(18)23-20(24)22-13-14-11-15(25(27)28)12-16(21)19(14)26/h5-6,8-9,11-13,26H,2-4,7,10H2,1H3. The van der Waals surface area contributed by atoms with E-state index in [9.17, 15) is 15.2 Å². The number of hydrogen-bond acceptors (Lipinski definition) is 5. The van der Waals surface area contributed by atoms with Crippen molar-refractivity contribution < 1.29 is 10.0 Å². The van der Waals surface area contributed by atoms with E-state index in [0.29, 0.717) is 5.95 Å². The lowest BCUT2D eigenvalue weighted by Gasteiger charge is -2.06. The number of nitrogens with zero attached hydrogens (tertiary/aromatic N) is 4. The molecule has 0 aliphatic rings. The molecule has 146 valence electrons. The Morgan fingerprint density at radius 2 is 2.07 bits per heavy atom. The number of halogens is 1. The number of nitro groups is 1. The lowest BCUT2D eigenvalue weighted by molar-refractivity contribution is -0.385. The molecule has 28 heavy (non-hydrogen) atoms. The number of unbranched alkanes of at least 4 members (excludes halogenated alkanes) is 3. The largest absolute Gasteiger partial charge is 0.506 e. The molecule has 7 nitrogen and oxygen atoms in total. The molecule has 3 rings (SSSR count). The Kier molecular flexibility index (Phi) is 6.41. The van der Waals surface area contributed by atoms with E-state index in [0.717, 1.165) is 36.8 Å². The van der Waals surface area contributed by atoms with Gasteiger partial charge in [0.1, 0.15) is 5.75 Å². The van der Waals surface area contributed by atoms with E-state index in [1.807, 2.05) is 28.8 Å². The van der Waals surface area contributed by atoms with E-state index in [1.165, 1.54) is 24.8 Å². The number of fused-ring (bicyclic) bond motifs is 1. The number of hydrogen-bond donors (Lipinski definition) is 1. The molecule has 0 bridgehead atoms. The van der Waals surface area contributed by atoms with Crippen LogP contribution in [-0.4, -0.2) is 25.8 Å². The van der Waals surface area contributed by atoms with Crippen LogP contribution in [0.25, 0.3) is 11.0 Å². The SMILES string of the molecule is CCCCCCn1c(N=Cc2cc([N+](=O)[O-])cc(Br)c2O)nc2ccccc21. The highest BCUT2D eigenvalue weighted by Gasteiger charge is 2.14. The van der Waals surface area contributed by atoms with Gasteiger partial charge in [-0.25, -0.2) is 9.98 Å². The fourth-order valence-corrected chi connectivity index (χ4v) is 3.48. The van der Waals surface area contributed by atoms with Gasteiger partial charge in [0.15, 0.2) is 0 Å². The summed E-state index contributed by atoms with van der Waals surface area (Å²) in [6, 6.07) is 10.4. The summed E-state index contributed by atoms with van der Waals surface area (Å²) in [6.07, 6.45) is 5.91. The Hall–Kier alpha value is -2.74. The van der Waals surface area contributed by atoms with Crippen molar-refractivity contribution in [3.63, 3.8) is 0 Å². The molecule has 0 saturated carbocycles. The molecule has 0 atom stereocenters. The molecule has 0 fully saturated rings. The van der Waals surface area contributed by atoms with E-state index in [2.05, 4.69) is 32.8 Å². The summed E-state index contributed by atoms with van der Waals surface area (Å²) >= 11 is 3.15. The number of benzene rings is 2. The van der Waals surface area contributed by atoms with Crippen LogP contribution in [-0.2, 0) is 6.54 Å². The normalized spacial score (nSPS) is 11.5. The average Bonchev–Trinajstić information content (AvgIpc) is 3.03. The summed E-state index contributed by atoms with van der Waals surface area (Å²) in [6.45, 7) is 2.96. The number of aliphatic imine (C=N–C) groups is 1. The van der Waals surface area contributed by atoms with Gasteiger partial charge in [0.25, 0.3) is 5.69 Å². The Balaban J connectivity index is 1.96. The topological polar surface area (TPSA) is 93.5 Å². The Morgan fingerprint density at radius 1 is 1.29 bits per heavy atom. The minimum absolute atomic E-state index is 0.0973. The molecule has 0 aliphatic carbocycles. The van der Waals surface area contributed by atoms with Crippen LogP contribution in [0.5, 0.6) is 5.75 Å². The summed E-state index contributed by atoms with van der Waals surface area (Å²) in [5.74, 6) is 0.416. The molecule has 1 aromatic heterocycles. The maximum absolute atomic E-state index is 11.1. The fourth-order valence-electron chi connectivity index (χ4n) is 3.02. The number of non-ortho nitro benzene ring substituents is 1. The molecule has 1 N–H and O–H groups in total. The predicted octanol–water partition coefficient (Wildman–Crippen LogP) is 5.74. The van der Waals surface area contributed by atoms with E-state index < -0.39 is 4.92 Å². The van der Waals surface area contributed by atoms with Crippen molar-refractivity contribution in [1.29, 1.82) is 0 Å². The second kappa shape index (κ2) is 8.97. The van der Waals surface area contributed by atoms with Gasteiger partial charge in [0, 0.05) is 30.5 Å². The zero-order valence-corrected chi connectivity index (χ0v) is 17.1. The van der Waals surface area contributed by atoms with Gasteiger partial charge in [-0.2, -0.15) is 0 Å². The van der Waals surface area contributed by atoms with Gasteiger partial charge in [-0.15, -0.1) is 0 Å². The predicted molar refractivity (Wildman–Crippen MR) is 114 cm³/mol. The van der Waals surface area contributed by atoms with Crippen LogP contribution in [0.1, 0.15) is 38.2 Å². The van der Waals surface area contributed by atoms with Gasteiger partial charge in [0.05, 0.1) is 20.4 Å². The number of para-hydroxylation sites is 2. The van der Waals surface area contributed by atoms with Crippen molar-refractivity contribution in [1.82, 2.24) is 9.55 Å². The van der Waals surface area contributed by atoms with Gasteiger partial charge in [-0.05, 0) is 34.5 Å². The Labute approximate surface area is 171 Å². The van der Waals surface area contributed by atoms with Crippen molar-refractivity contribution in [3.8, 4) is 5.75 Å². The first-order chi connectivity index (χ1) is 13.5. The maximum atomic E-state index is 11.1. The van der Waals surface area contributed by atoms with Gasteiger partial charge in [0.2, 0.25) is 5.95 Å². The molecule has 3 aromatic rings. The molecule has 0 saturated heterocycles. The van der Waals surface area contributed by atoms with Crippen molar-refractivity contribution >= 4 is 44.8 Å². The van der Waals surface area contributed by atoms with E-state index in [4.69, 9.17) is 0 Å². The molecule has 8 heteroatoms. The average molecular weight is 445 g/mol. The second-order valence-corrected chi connectivity index (χ2v) is 7.35. The quantitative estimate of drug-likeness (QED) is 0.207. The lowest BCUT2D eigenvalue weighted by atomic mass is 10.2. The number of aromatic nitrogens is 2. The first-order valence-electron chi connectivity index (χ1n) is 9.17. The maximum Gasteiger partial charge on any atom is 0.271 e. The van der Waals surface area contributed by atoms with E-state index in [-0.39, 0.29) is 21.5 Å². The summed E-state index contributed by atoms with van der Waals surface area (Å²) in [5.41, 5.74) is 1.97. The number of phenolic OH excluding ortho intramolecular Hbond substituents is 1. The van der Waals surface area contributed by atoms with Gasteiger partial charge >= 0.3 is 0 Å². The lowest BCUT2D eigenvalue weighted by Crippen LogP contribution is -1.98. The van der Waals surface area contributed by atoms with Crippen molar-refractivity contribution in [2.24, 2.45) is 4.99 Å². The number of nitro benzene ring substituents is 1. The van der Waals surface area contributed by atoms with Crippen LogP contribution in [0.2, 0.25) is 0 Å². The summed E-state index contributed by atoms with van der Waals surface area (Å²) in [7, 11) is 0. The number of phenols is 1. The molecule has 0 aliphatic heterocycles. The van der Waals surface area contributed by atoms with Crippen molar-refractivity contribution in [2.45, 2.75) is 39.2 Å². The first-order valence-corrected chi connectivity index (χ1v) is 9.96. The van der Waals surface area contributed by atoms with Crippen molar-refractivity contribution in [2.75, 3.05) is 0 Å². The van der Waals surface area contributed by atoms with E-state index in [1.54, 1.807) is 0 Å². The monoisotopic (exact) mass is 444 g/mol. The molecule has 0 spiro atoms. The second-order valence-electron chi connectivity index (χ2n) is 6.49. The molecule has 2 aromatic carbocycles. The number of aryl methyl sites for hydroxylation is 1. The van der Waals surface area contributed by atoms with Crippen LogP contribution in [0, 0.1) is 10.1 Å². The van der Waals surface area contributed by atoms with Gasteiger partial charge in [-0.1, -0.05) is 38.3 Å². The zero-order valence-electron chi connectivity index (χ0n) is 15.5. The molecular weight excluding hydrogens is 424 g/mol. The smallest absolute Gasteiger partial charge is 0.271 e. The minimum Gasteiger partial charge on any atom is -0.506 e. The van der Waals surface area contributed by atoms with Crippen LogP contribution in [0.3, 0.4) is 0 Å². The number of aromatic hydroxyl groups is 1. The van der Waals surface area contributed by atoms with Crippen LogP contribution < -0.4 is 0 Å². The molecule has 0 unspecified atom stereocenters. The van der Waals surface area contributed by atoms with Crippen LogP contribution in [0.4, 0.5) is 11.6 Å². The third-order valence-electron chi connectivity index (χ3n) is 4.48. The summed E-state index contributed by atoms with van der Waals surface area (Å²) < 4.78 is 2.29. The van der Waals surface area contributed by atoms with Crippen LogP contribution in [0.15, 0.2) is 45.9 Å². The fraction of sp³-hybridized carbons (Fsp3) is 0.300. The van der Waals surface area contributed by atoms with Crippen LogP contribution >= 0.6 is 15.9 Å². The Bertz CT molecular complexity index is 1030. The third kappa shape index (κ3) is 4.39. The first kappa shape index (κ1) is 20.0. The molecule has 1 heterocycles.